The molecule has 1 heterocycles. The summed E-state index contributed by atoms with van der Waals surface area (Å²) in [5.74, 6) is -0.559. The lowest BCUT2D eigenvalue weighted by molar-refractivity contribution is -0.145. The number of rotatable bonds is 10. The molecule has 10 nitrogen and oxygen atoms in total. The first kappa shape index (κ1) is 28.7. The van der Waals surface area contributed by atoms with Gasteiger partial charge < -0.3 is 24.4 Å². The van der Waals surface area contributed by atoms with Gasteiger partial charge in [-0.05, 0) is 54.8 Å². The quantitative estimate of drug-likeness (QED) is 0.363. The molecule has 3 aromatic carbocycles. The third kappa shape index (κ3) is 5.27. The van der Waals surface area contributed by atoms with Crippen LogP contribution in [0.25, 0.3) is 0 Å². The molecule has 0 radical (unpaired) electrons. The Hall–Kier alpha value is -4.86. The van der Waals surface area contributed by atoms with Crippen molar-refractivity contribution >= 4 is 34.9 Å². The lowest BCUT2D eigenvalue weighted by Crippen LogP contribution is -2.59. The van der Waals surface area contributed by atoms with Gasteiger partial charge in [-0.15, -0.1) is 0 Å². The molecule has 1 aliphatic carbocycles. The van der Waals surface area contributed by atoms with Gasteiger partial charge in [0, 0.05) is 12.6 Å². The van der Waals surface area contributed by atoms with Crippen LogP contribution < -0.4 is 24.4 Å². The maximum absolute atomic E-state index is 14.2. The molecule has 218 valence electrons. The summed E-state index contributed by atoms with van der Waals surface area (Å²) >= 11 is 0. The van der Waals surface area contributed by atoms with Crippen molar-refractivity contribution < 1.29 is 33.4 Å². The number of anilines is 2. The first-order chi connectivity index (χ1) is 20.3. The van der Waals surface area contributed by atoms with Crippen molar-refractivity contribution in [3.63, 3.8) is 0 Å². The summed E-state index contributed by atoms with van der Waals surface area (Å²) in [5.41, 5.74) is 0.680. The molecule has 3 amide bonds. The predicted octanol–water partition coefficient (Wildman–Crippen LogP) is 4.22. The van der Waals surface area contributed by atoms with Gasteiger partial charge in [0.15, 0.2) is 0 Å². The van der Waals surface area contributed by atoms with Crippen LogP contribution in [-0.4, -0.2) is 61.8 Å². The van der Waals surface area contributed by atoms with Gasteiger partial charge in [-0.25, -0.2) is 0 Å². The van der Waals surface area contributed by atoms with Crippen LogP contribution in [0, 0.1) is 0 Å². The minimum absolute atomic E-state index is 0.119. The summed E-state index contributed by atoms with van der Waals surface area (Å²) in [6.45, 7) is -0.258. The molecule has 0 unspecified atom stereocenters. The number of methoxy groups -OCH3 is 3. The van der Waals surface area contributed by atoms with Gasteiger partial charge in [-0.3, -0.25) is 24.1 Å². The van der Waals surface area contributed by atoms with Crippen molar-refractivity contribution in [1.29, 1.82) is 0 Å². The average molecular weight is 572 g/mol. The van der Waals surface area contributed by atoms with E-state index in [-0.39, 0.29) is 24.6 Å². The van der Waals surface area contributed by atoms with Crippen molar-refractivity contribution in [3.05, 3.63) is 77.9 Å². The number of ether oxygens (including phenoxy) is 3. The van der Waals surface area contributed by atoms with Crippen LogP contribution in [0.15, 0.2) is 66.7 Å². The molecule has 2 aliphatic rings. The highest BCUT2D eigenvalue weighted by molar-refractivity contribution is 6.52. The minimum Gasteiger partial charge on any atom is -0.497 e. The molecule has 0 saturated heterocycles. The van der Waals surface area contributed by atoms with Crippen molar-refractivity contribution in [1.82, 2.24) is 4.90 Å². The van der Waals surface area contributed by atoms with E-state index in [0.29, 0.717) is 41.5 Å². The number of ketones is 1. The monoisotopic (exact) mass is 571 g/mol. The van der Waals surface area contributed by atoms with Crippen molar-refractivity contribution in [3.8, 4) is 17.2 Å². The van der Waals surface area contributed by atoms with Gasteiger partial charge >= 0.3 is 0 Å². The Morgan fingerprint density at radius 2 is 1.55 bits per heavy atom. The lowest BCUT2D eigenvalue weighted by Gasteiger charge is -2.41. The second kappa shape index (κ2) is 11.9. The van der Waals surface area contributed by atoms with Crippen LogP contribution in [-0.2, 0) is 20.9 Å². The maximum Gasteiger partial charge on any atom is 0.299 e. The normalized spacial score (nSPS) is 15.3. The molecule has 1 aliphatic heterocycles. The molecule has 0 aromatic heterocycles. The molecule has 0 atom stereocenters. The van der Waals surface area contributed by atoms with E-state index in [1.807, 2.05) is 12.1 Å². The summed E-state index contributed by atoms with van der Waals surface area (Å²) in [7, 11) is 4.62. The fourth-order valence-electron chi connectivity index (χ4n) is 5.74. The molecule has 1 N–H and O–H groups in total. The van der Waals surface area contributed by atoms with E-state index in [1.54, 1.807) is 73.7 Å². The number of carbonyl (C=O) groups excluding carboxylic acids is 4. The second-order valence-electron chi connectivity index (χ2n) is 10.3. The summed E-state index contributed by atoms with van der Waals surface area (Å²) in [5, 5.41) is 2.99. The predicted molar refractivity (Wildman–Crippen MR) is 156 cm³/mol. The third-order valence-corrected chi connectivity index (χ3v) is 8.00. The van der Waals surface area contributed by atoms with E-state index in [2.05, 4.69) is 5.32 Å². The molecule has 3 aromatic rings. The van der Waals surface area contributed by atoms with Crippen LogP contribution in [0.5, 0.6) is 17.2 Å². The highest BCUT2D eigenvalue weighted by Crippen LogP contribution is 2.40. The zero-order valence-electron chi connectivity index (χ0n) is 23.8. The number of hydrogen-bond donors (Lipinski definition) is 1. The van der Waals surface area contributed by atoms with Crippen molar-refractivity contribution in [2.45, 2.75) is 37.8 Å². The van der Waals surface area contributed by atoms with Gasteiger partial charge in [0.25, 0.3) is 11.7 Å². The standard InChI is InChI=1S/C32H33N3O7/c1-40-22-12-10-21(11-13-22)19-35(28(36)20-34-26-9-5-4-8-24(26)29(37)30(34)38)32(16-6-7-17-32)31(39)33-25-15-14-23(41-2)18-27(25)42-3/h4-5,8-15,18H,6-7,16-17,19-20H2,1-3H3,(H,33,39). The Morgan fingerprint density at radius 3 is 2.21 bits per heavy atom. The fraction of sp³-hybridized carbons (Fsp3) is 0.312. The SMILES string of the molecule is COc1ccc(CN(C(=O)CN2C(=O)C(=O)c3ccccc32)C2(C(=O)Nc3ccc(OC)cc3OC)CCCC2)cc1. The van der Waals surface area contributed by atoms with Crippen LogP contribution in [0.1, 0.15) is 41.6 Å². The van der Waals surface area contributed by atoms with E-state index >= 15 is 0 Å². The largest absolute Gasteiger partial charge is 0.497 e. The first-order valence-electron chi connectivity index (χ1n) is 13.7. The number of benzene rings is 3. The van der Waals surface area contributed by atoms with Crippen molar-refractivity contribution in [2.75, 3.05) is 38.1 Å². The van der Waals surface area contributed by atoms with E-state index in [4.69, 9.17) is 14.2 Å². The van der Waals surface area contributed by atoms with Crippen LogP contribution in [0.3, 0.4) is 0 Å². The van der Waals surface area contributed by atoms with Gasteiger partial charge in [0.05, 0.1) is 38.3 Å². The average Bonchev–Trinajstić information content (AvgIpc) is 3.61. The smallest absolute Gasteiger partial charge is 0.299 e. The van der Waals surface area contributed by atoms with Gasteiger partial charge in [0.1, 0.15) is 29.3 Å². The zero-order chi connectivity index (χ0) is 29.9. The van der Waals surface area contributed by atoms with Gasteiger partial charge in [-0.2, -0.15) is 0 Å². The Kier molecular flexibility index (Phi) is 8.15. The van der Waals surface area contributed by atoms with E-state index < -0.39 is 23.1 Å². The van der Waals surface area contributed by atoms with Crippen LogP contribution >= 0.6 is 0 Å². The number of carbonyl (C=O) groups is 4. The Morgan fingerprint density at radius 1 is 0.881 bits per heavy atom. The highest BCUT2D eigenvalue weighted by Gasteiger charge is 2.49. The molecule has 1 fully saturated rings. The Labute approximate surface area is 244 Å². The van der Waals surface area contributed by atoms with E-state index in [0.717, 1.165) is 18.4 Å². The maximum atomic E-state index is 14.2. The number of para-hydroxylation sites is 1. The summed E-state index contributed by atoms with van der Waals surface area (Å²) in [6.07, 6.45) is 2.35. The lowest BCUT2D eigenvalue weighted by atomic mass is 9.92. The number of hydrogen-bond acceptors (Lipinski definition) is 7. The molecule has 1 saturated carbocycles. The van der Waals surface area contributed by atoms with Crippen LogP contribution in [0.4, 0.5) is 11.4 Å². The second-order valence-corrected chi connectivity index (χ2v) is 10.3. The third-order valence-electron chi connectivity index (χ3n) is 8.00. The Balaban J connectivity index is 1.51. The molecule has 5 rings (SSSR count). The molecular formula is C32H33N3O7. The molecule has 0 spiro atoms. The number of fused-ring (bicyclic) bond motifs is 1. The molecule has 10 heteroatoms. The van der Waals surface area contributed by atoms with E-state index in [1.165, 1.54) is 12.0 Å². The molecule has 0 bridgehead atoms. The fourth-order valence-corrected chi connectivity index (χ4v) is 5.74. The van der Waals surface area contributed by atoms with Crippen LogP contribution in [0.2, 0.25) is 0 Å². The first-order valence-corrected chi connectivity index (χ1v) is 13.7. The number of nitrogens with one attached hydrogen (secondary N) is 1. The topological polar surface area (TPSA) is 114 Å². The Bertz CT molecular complexity index is 1510. The van der Waals surface area contributed by atoms with Gasteiger partial charge in [0.2, 0.25) is 11.8 Å². The molecule has 42 heavy (non-hydrogen) atoms. The van der Waals surface area contributed by atoms with E-state index in [9.17, 15) is 19.2 Å². The summed E-state index contributed by atoms with van der Waals surface area (Å²) in [4.78, 5) is 56.8. The number of nitrogens with zero attached hydrogens (tertiary/aromatic N) is 2. The van der Waals surface area contributed by atoms with Crippen molar-refractivity contribution in [2.24, 2.45) is 0 Å². The minimum atomic E-state index is -1.20. The zero-order valence-corrected chi connectivity index (χ0v) is 23.8. The molecular weight excluding hydrogens is 538 g/mol. The summed E-state index contributed by atoms with van der Waals surface area (Å²) < 4.78 is 16.1. The van der Waals surface area contributed by atoms with Gasteiger partial charge in [-0.1, -0.05) is 37.1 Å². The highest BCUT2D eigenvalue weighted by atomic mass is 16.5. The number of amides is 3. The number of Topliss-reactive ketones (excluding diaryl/α,β-unsaturated/α-hetero) is 1. The summed E-state index contributed by atoms with van der Waals surface area (Å²) in [6, 6.07) is 19.0.